The molecule has 6 nitrogen and oxygen atoms in total. The van der Waals surface area contributed by atoms with Crippen LogP contribution in [0.2, 0.25) is 0 Å². The summed E-state index contributed by atoms with van der Waals surface area (Å²) in [6.07, 6.45) is 7.35. The third kappa shape index (κ3) is 6.77. The van der Waals surface area contributed by atoms with Gasteiger partial charge in [-0.25, -0.2) is 0 Å². The van der Waals surface area contributed by atoms with Gasteiger partial charge in [-0.05, 0) is 6.42 Å². The van der Waals surface area contributed by atoms with Crippen LogP contribution in [-0.2, 0) is 9.47 Å². The standard InChI is InChI=1S/C19H38O6/c1-3-4-5-6-7-8-9-10-11-12-13-19(24-2)18(23)17(22)16(21)15(14-20)25-19/h15-18,20-23H,3-14H2,1-2H3/t15-,16-,17+,18-,19+/m1/s1. The van der Waals surface area contributed by atoms with Crippen molar-refractivity contribution >= 4 is 0 Å². The lowest BCUT2D eigenvalue weighted by molar-refractivity contribution is -0.359. The topological polar surface area (TPSA) is 99.4 Å². The highest BCUT2D eigenvalue weighted by molar-refractivity contribution is 4.96. The van der Waals surface area contributed by atoms with Gasteiger partial charge >= 0.3 is 0 Å². The van der Waals surface area contributed by atoms with Gasteiger partial charge in [0.25, 0.3) is 0 Å². The minimum absolute atomic E-state index is 0.418. The molecule has 0 aromatic heterocycles. The minimum atomic E-state index is -1.39. The molecule has 1 aliphatic rings. The third-order valence-electron chi connectivity index (χ3n) is 5.26. The van der Waals surface area contributed by atoms with Crippen molar-refractivity contribution in [2.24, 2.45) is 0 Å². The zero-order valence-corrected chi connectivity index (χ0v) is 15.9. The zero-order valence-electron chi connectivity index (χ0n) is 15.9. The van der Waals surface area contributed by atoms with Gasteiger partial charge in [0, 0.05) is 13.5 Å². The molecule has 1 saturated heterocycles. The second-order valence-corrected chi connectivity index (χ2v) is 7.21. The molecule has 25 heavy (non-hydrogen) atoms. The van der Waals surface area contributed by atoms with E-state index in [0.29, 0.717) is 6.42 Å². The molecular formula is C19H38O6. The maximum Gasteiger partial charge on any atom is 0.197 e. The fourth-order valence-electron chi connectivity index (χ4n) is 3.54. The van der Waals surface area contributed by atoms with Crippen LogP contribution < -0.4 is 0 Å². The highest BCUT2D eigenvalue weighted by Gasteiger charge is 2.53. The number of hydrogen-bond donors (Lipinski definition) is 4. The molecule has 0 aromatic carbocycles. The lowest BCUT2D eigenvalue weighted by Crippen LogP contribution is -2.65. The second kappa shape index (κ2) is 12.2. The Morgan fingerprint density at radius 1 is 0.840 bits per heavy atom. The van der Waals surface area contributed by atoms with E-state index in [-0.39, 0.29) is 0 Å². The molecule has 150 valence electrons. The summed E-state index contributed by atoms with van der Waals surface area (Å²) in [5.41, 5.74) is 0. The Hall–Kier alpha value is -0.240. The summed E-state index contributed by atoms with van der Waals surface area (Å²) in [6, 6.07) is 0. The molecule has 0 unspecified atom stereocenters. The van der Waals surface area contributed by atoms with Gasteiger partial charge in [0.05, 0.1) is 6.61 Å². The van der Waals surface area contributed by atoms with Crippen LogP contribution in [0.1, 0.15) is 77.6 Å². The lowest BCUT2D eigenvalue weighted by Gasteiger charge is -2.47. The predicted octanol–water partition coefficient (Wildman–Crippen LogP) is 2.11. The Labute approximate surface area is 152 Å². The van der Waals surface area contributed by atoms with Crippen LogP contribution >= 0.6 is 0 Å². The molecular weight excluding hydrogens is 324 g/mol. The number of hydrogen-bond acceptors (Lipinski definition) is 6. The molecule has 0 saturated carbocycles. The highest BCUT2D eigenvalue weighted by Crippen LogP contribution is 2.35. The summed E-state index contributed by atoms with van der Waals surface area (Å²) < 4.78 is 11.0. The lowest BCUT2D eigenvalue weighted by atomic mass is 9.89. The first-order valence-electron chi connectivity index (χ1n) is 9.90. The largest absolute Gasteiger partial charge is 0.394 e. The van der Waals surface area contributed by atoms with Crippen LogP contribution in [0, 0.1) is 0 Å². The van der Waals surface area contributed by atoms with Crippen molar-refractivity contribution in [2.75, 3.05) is 13.7 Å². The van der Waals surface area contributed by atoms with Gasteiger partial charge in [0.15, 0.2) is 5.79 Å². The molecule has 6 heteroatoms. The number of rotatable bonds is 13. The number of unbranched alkanes of at least 4 members (excludes halogenated alkanes) is 9. The van der Waals surface area contributed by atoms with E-state index in [4.69, 9.17) is 9.47 Å². The van der Waals surface area contributed by atoms with Crippen molar-refractivity contribution < 1.29 is 29.9 Å². The van der Waals surface area contributed by atoms with Gasteiger partial charge < -0.3 is 29.9 Å². The van der Waals surface area contributed by atoms with Gasteiger partial charge in [0.1, 0.15) is 24.4 Å². The molecule has 0 spiro atoms. The van der Waals surface area contributed by atoms with Crippen molar-refractivity contribution in [1.82, 2.24) is 0 Å². The molecule has 0 radical (unpaired) electrons. The molecule has 0 bridgehead atoms. The van der Waals surface area contributed by atoms with Gasteiger partial charge in [0.2, 0.25) is 0 Å². The van der Waals surface area contributed by atoms with Crippen molar-refractivity contribution in [3.63, 3.8) is 0 Å². The van der Waals surface area contributed by atoms with E-state index < -0.39 is 36.8 Å². The van der Waals surface area contributed by atoms with E-state index in [2.05, 4.69) is 6.92 Å². The number of methoxy groups -OCH3 is 1. The average Bonchev–Trinajstić information content (AvgIpc) is 2.63. The van der Waals surface area contributed by atoms with E-state index in [1.807, 2.05) is 0 Å². The summed E-state index contributed by atoms with van der Waals surface area (Å²) in [5, 5.41) is 39.4. The molecule has 0 aromatic rings. The van der Waals surface area contributed by atoms with Crippen LogP contribution in [0.25, 0.3) is 0 Å². The quantitative estimate of drug-likeness (QED) is 0.375. The minimum Gasteiger partial charge on any atom is -0.394 e. The van der Waals surface area contributed by atoms with Gasteiger partial charge in [-0.3, -0.25) is 0 Å². The first-order chi connectivity index (χ1) is 12.0. The summed E-state index contributed by atoms with van der Waals surface area (Å²) in [5.74, 6) is -1.37. The summed E-state index contributed by atoms with van der Waals surface area (Å²) in [6.45, 7) is 1.79. The maximum atomic E-state index is 10.3. The fraction of sp³-hybridized carbons (Fsp3) is 1.00. The van der Waals surface area contributed by atoms with Crippen LogP contribution in [0.15, 0.2) is 0 Å². The Balaban J connectivity index is 2.28. The SMILES string of the molecule is CCCCCCCCCCCC[C@]1(OC)O[C@H](CO)[C@@H](O)[C@H](O)[C@H]1O. The van der Waals surface area contributed by atoms with Crippen LogP contribution in [0.3, 0.4) is 0 Å². The molecule has 1 heterocycles. The molecule has 1 aliphatic heterocycles. The van der Waals surface area contributed by atoms with E-state index in [0.717, 1.165) is 19.3 Å². The first kappa shape index (κ1) is 22.8. The van der Waals surface area contributed by atoms with Crippen LogP contribution in [-0.4, -0.2) is 64.3 Å². The van der Waals surface area contributed by atoms with Crippen LogP contribution in [0.4, 0.5) is 0 Å². The Morgan fingerprint density at radius 2 is 1.36 bits per heavy atom. The smallest absolute Gasteiger partial charge is 0.197 e. The van der Waals surface area contributed by atoms with E-state index in [9.17, 15) is 20.4 Å². The molecule has 0 amide bonds. The van der Waals surface area contributed by atoms with Crippen molar-refractivity contribution in [2.45, 2.75) is 108 Å². The normalized spacial score (nSPS) is 32.9. The zero-order chi connectivity index (χ0) is 18.7. The van der Waals surface area contributed by atoms with Crippen LogP contribution in [0.5, 0.6) is 0 Å². The van der Waals surface area contributed by atoms with Crippen molar-refractivity contribution in [3.8, 4) is 0 Å². The third-order valence-corrected chi connectivity index (χ3v) is 5.26. The Morgan fingerprint density at radius 3 is 1.84 bits per heavy atom. The van der Waals surface area contributed by atoms with Crippen molar-refractivity contribution in [1.29, 1.82) is 0 Å². The van der Waals surface area contributed by atoms with E-state index >= 15 is 0 Å². The molecule has 4 N–H and O–H groups in total. The predicted molar refractivity (Wildman–Crippen MR) is 96.2 cm³/mol. The Bertz CT molecular complexity index is 338. The van der Waals surface area contributed by atoms with Gasteiger partial charge in [-0.1, -0.05) is 64.7 Å². The number of ether oxygens (including phenoxy) is 2. The molecule has 1 fully saturated rings. The van der Waals surface area contributed by atoms with E-state index in [1.165, 1.54) is 52.1 Å². The summed E-state index contributed by atoms with van der Waals surface area (Å²) >= 11 is 0. The van der Waals surface area contributed by atoms with Gasteiger partial charge in [-0.2, -0.15) is 0 Å². The first-order valence-corrected chi connectivity index (χ1v) is 9.90. The maximum absolute atomic E-state index is 10.3. The molecule has 0 aliphatic carbocycles. The molecule has 5 atom stereocenters. The van der Waals surface area contributed by atoms with E-state index in [1.54, 1.807) is 0 Å². The Kier molecular flexibility index (Phi) is 11.1. The molecule has 1 rings (SSSR count). The van der Waals surface area contributed by atoms with Gasteiger partial charge in [-0.15, -0.1) is 0 Å². The monoisotopic (exact) mass is 362 g/mol. The average molecular weight is 363 g/mol. The summed E-state index contributed by atoms with van der Waals surface area (Å²) in [7, 11) is 1.42. The number of aliphatic hydroxyl groups excluding tert-OH is 4. The highest BCUT2D eigenvalue weighted by atomic mass is 16.7. The number of aliphatic hydroxyl groups is 4. The fourth-order valence-corrected chi connectivity index (χ4v) is 3.54. The summed E-state index contributed by atoms with van der Waals surface area (Å²) in [4.78, 5) is 0. The van der Waals surface area contributed by atoms with Crippen molar-refractivity contribution in [3.05, 3.63) is 0 Å². The second-order valence-electron chi connectivity index (χ2n) is 7.21.